The lowest BCUT2D eigenvalue weighted by Crippen LogP contribution is -2.44. The number of rotatable bonds is 4. The second kappa shape index (κ2) is 9.12. The number of hydrogen-bond donors (Lipinski definition) is 1. The molecule has 0 radical (unpaired) electrons. The Kier molecular flexibility index (Phi) is 6.34. The lowest BCUT2D eigenvalue weighted by atomic mass is 9.92. The quantitative estimate of drug-likeness (QED) is 0.785. The third-order valence-corrected chi connectivity index (χ3v) is 6.55. The highest BCUT2D eigenvalue weighted by Gasteiger charge is 2.28. The second-order valence-corrected chi connectivity index (χ2v) is 8.70. The zero-order valence-electron chi connectivity index (χ0n) is 17.0. The van der Waals surface area contributed by atoms with Gasteiger partial charge in [-0.2, -0.15) is 0 Å². The fourth-order valence-electron chi connectivity index (χ4n) is 4.49. The van der Waals surface area contributed by atoms with Crippen molar-refractivity contribution in [3.8, 4) is 11.3 Å². The molecule has 1 aliphatic carbocycles. The maximum Gasteiger partial charge on any atom is 0.223 e. The molecular weight excluding hydrogens is 384 g/mol. The molecule has 1 amide bonds. The van der Waals surface area contributed by atoms with Gasteiger partial charge in [-0.15, -0.1) is 0 Å². The van der Waals surface area contributed by atoms with E-state index in [-0.39, 0.29) is 11.8 Å². The first kappa shape index (κ1) is 20.1. The molecule has 6 heteroatoms. The minimum Gasteiger partial charge on any atom is -0.357 e. The first-order valence-electron chi connectivity index (χ1n) is 10.7. The van der Waals surface area contributed by atoms with Crippen LogP contribution in [0.5, 0.6) is 0 Å². The van der Waals surface area contributed by atoms with Crippen molar-refractivity contribution in [1.29, 1.82) is 0 Å². The van der Waals surface area contributed by atoms with Crippen molar-refractivity contribution in [3.05, 3.63) is 41.2 Å². The average Bonchev–Trinajstić information content (AvgIpc) is 2.75. The topological polar surface area (TPSA) is 58.1 Å². The molecule has 1 saturated carbocycles. The molecule has 5 nitrogen and oxygen atoms in total. The van der Waals surface area contributed by atoms with Crippen LogP contribution in [0.4, 0.5) is 5.82 Å². The van der Waals surface area contributed by atoms with Gasteiger partial charge < -0.3 is 10.2 Å². The lowest BCUT2D eigenvalue weighted by Gasteiger charge is -2.33. The van der Waals surface area contributed by atoms with E-state index in [4.69, 9.17) is 11.6 Å². The zero-order chi connectivity index (χ0) is 20.2. The Morgan fingerprint density at radius 3 is 2.62 bits per heavy atom. The summed E-state index contributed by atoms with van der Waals surface area (Å²) in [7, 11) is 0. The number of anilines is 1. The highest BCUT2D eigenvalue weighted by molar-refractivity contribution is 6.33. The van der Waals surface area contributed by atoms with Crippen molar-refractivity contribution in [1.82, 2.24) is 15.3 Å². The molecule has 29 heavy (non-hydrogen) atoms. The van der Waals surface area contributed by atoms with E-state index >= 15 is 0 Å². The summed E-state index contributed by atoms with van der Waals surface area (Å²) in [6, 6.07) is 6.38. The highest BCUT2D eigenvalue weighted by atomic mass is 35.5. The van der Waals surface area contributed by atoms with E-state index in [1.165, 1.54) is 19.3 Å². The SMILES string of the molecule is Cc1cccnc1-c1cc(N2CCC(C(=O)NC3CCCCC3)CC2)ncc1Cl. The molecule has 2 aromatic rings. The number of hydrogen-bond acceptors (Lipinski definition) is 4. The molecule has 0 aromatic carbocycles. The smallest absolute Gasteiger partial charge is 0.223 e. The summed E-state index contributed by atoms with van der Waals surface area (Å²) in [5, 5.41) is 3.90. The number of nitrogens with zero attached hydrogens (tertiary/aromatic N) is 3. The van der Waals surface area contributed by atoms with Crippen LogP contribution in [0.1, 0.15) is 50.5 Å². The van der Waals surface area contributed by atoms with Gasteiger partial charge in [0.2, 0.25) is 5.91 Å². The number of piperidine rings is 1. The summed E-state index contributed by atoms with van der Waals surface area (Å²) < 4.78 is 0. The molecular formula is C23H29ClN4O. The Morgan fingerprint density at radius 2 is 1.90 bits per heavy atom. The number of carbonyl (C=O) groups is 1. The summed E-state index contributed by atoms with van der Waals surface area (Å²) in [4.78, 5) is 24.0. The fourth-order valence-corrected chi connectivity index (χ4v) is 4.68. The number of amides is 1. The molecule has 0 spiro atoms. The maximum atomic E-state index is 12.7. The van der Waals surface area contributed by atoms with Crippen LogP contribution in [0, 0.1) is 12.8 Å². The van der Waals surface area contributed by atoms with Gasteiger partial charge >= 0.3 is 0 Å². The fraction of sp³-hybridized carbons (Fsp3) is 0.522. The Bertz CT molecular complexity index is 858. The second-order valence-electron chi connectivity index (χ2n) is 8.30. The van der Waals surface area contributed by atoms with Gasteiger partial charge in [-0.25, -0.2) is 4.98 Å². The van der Waals surface area contributed by atoms with Gasteiger partial charge in [-0.1, -0.05) is 36.9 Å². The molecule has 1 saturated heterocycles. The summed E-state index contributed by atoms with van der Waals surface area (Å²) >= 11 is 6.43. The van der Waals surface area contributed by atoms with Crippen molar-refractivity contribution in [2.24, 2.45) is 5.92 Å². The number of aromatic nitrogens is 2. The third-order valence-electron chi connectivity index (χ3n) is 6.25. The Labute approximate surface area is 177 Å². The zero-order valence-corrected chi connectivity index (χ0v) is 17.8. The van der Waals surface area contributed by atoms with Gasteiger partial charge in [0.1, 0.15) is 5.82 Å². The molecule has 2 aliphatic rings. The predicted octanol–water partition coefficient (Wildman–Crippen LogP) is 4.77. The van der Waals surface area contributed by atoms with E-state index in [1.807, 2.05) is 25.1 Å². The standard InChI is InChI=1S/C23H29ClN4O/c1-16-6-5-11-25-22(16)19-14-21(26-15-20(19)24)28-12-9-17(10-13-28)23(29)27-18-7-3-2-4-8-18/h5-6,11,14-15,17-18H,2-4,7-10,12-13H2,1H3,(H,27,29). The van der Waals surface area contributed by atoms with Gasteiger partial charge in [0.15, 0.2) is 0 Å². The normalized spacial score (nSPS) is 18.6. The largest absolute Gasteiger partial charge is 0.357 e. The summed E-state index contributed by atoms with van der Waals surface area (Å²) in [6.07, 6.45) is 11.3. The van der Waals surface area contributed by atoms with E-state index in [0.717, 1.165) is 61.4 Å². The van der Waals surface area contributed by atoms with E-state index < -0.39 is 0 Å². The molecule has 0 unspecified atom stereocenters. The molecule has 154 valence electrons. The van der Waals surface area contributed by atoms with Crippen LogP contribution < -0.4 is 10.2 Å². The Morgan fingerprint density at radius 1 is 1.14 bits per heavy atom. The molecule has 1 N–H and O–H groups in total. The van der Waals surface area contributed by atoms with Crippen LogP contribution >= 0.6 is 11.6 Å². The number of aryl methyl sites for hydroxylation is 1. The van der Waals surface area contributed by atoms with Gasteiger partial charge in [0.05, 0.1) is 10.7 Å². The molecule has 1 aliphatic heterocycles. The van der Waals surface area contributed by atoms with Gasteiger partial charge in [-0.3, -0.25) is 9.78 Å². The van der Waals surface area contributed by atoms with Gasteiger partial charge in [-0.05, 0) is 50.3 Å². The molecule has 3 heterocycles. The Hall–Kier alpha value is -2.14. The molecule has 4 rings (SSSR count). The van der Waals surface area contributed by atoms with Gasteiger partial charge in [0.25, 0.3) is 0 Å². The van der Waals surface area contributed by atoms with Crippen LogP contribution in [0.15, 0.2) is 30.6 Å². The van der Waals surface area contributed by atoms with Crippen LogP contribution in [-0.2, 0) is 4.79 Å². The van der Waals surface area contributed by atoms with E-state index in [9.17, 15) is 4.79 Å². The van der Waals surface area contributed by atoms with E-state index in [0.29, 0.717) is 11.1 Å². The summed E-state index contributed by atoms with van der Waals surface area (Å²) in [5.41, 5.74) is 2.89. The van der Waals surface area contributed by atoms with Crippen LogP contribution in [0.3, 0.4) is 0 Å². The average molecular weight is 413 g/mol. The molecule has 2 fully saturated rings. The van der Waals surface area contributed by atoms with Gasteiger partial charge in [0, 0.05) is 43.0 Å². The van der Waals surface area contributed by atoms with Crippen molar-refractivity contribution in [2.45, 2.75) is 57.9 Å². The van der Waals surface area contributed by atoms with Crippen LogP contribution in [-0.4, -0.2) is 35.0 Å². The van der Waals surface area contributed by atoms with Crippen LogP contribution in [0.2, 0.25) is 5.02 Å². The first-order chi connectivity index (χ1) is 14.1. The number of halogens is 1. The van der Waals surface area contributed by atoms with Crippen LogP contribution in [0.25, 0.3) is 11.3 Å². The highest BCUT2D eigenvalue weighted by Crippen LogP contribution is 2.32. The third kappa shape index (κ3) is 4.72. The van der Waals surface area contributed by atoms with Crippen molar-refractivity contribution < 1.29 is 4.79 Å². The lowest BCUT2D eigenvalue weighted by molar-refractivity contribution is -0.126. The molecule has 0 atom stereocenters. The summed E-state index contributed by atoms with van der Waals surface area (Å²) in [5.74, 6) is 1.25. The number of pyridine rings is 2. The maximum absolute atomic E-state index is 12.7. The monoisotopic (exact) mass is 412 g/mol. The first-order valence-corrected chi connectivity index (χ1v) is 11.1. The van der Waals surface area contributed by atoms with Crippen molar-refractivity contribution in [3.63, 3.8) is 0 Å². The van der Waals surface area contributed by atoms with E-state index in [1.54, 1.807) is 12.4 Å². The number of nitrogens with one attached hydrogen (secondary N) is 1. The summed E-state index contributed by atoms with van der Waals surface area (Å²) in [6.45, 7) is 3.70. The Balaban J connectivity index is 1.40. The minimum absolute atomic E-state index is 0.109. The molecule has 2 aromatic heterocycles. The van der Waals surface area contributed by atoms with E-state index in [2.05, 4.69) is 20.2 Å². The van der Waals surface area contributed by atoms with Crippen molar-refractivity contribution in [2.75, 3.05) is 18.0 Å². The predicted molar refractivity (Wildman–Crippen MR) is 117 cm³/mol. The number of carbonyl (C=O) groups excluding carboxylic acids is 1. The molecule has 0 bridgehead atoms. The van der Waals surface area contributed by atoms with Crippen molar-refractivity contribution >= 4 is 23.3 Å². The minimum atomic E-state index is 0.109.